The highest BCUT2D eigenvalue weighted by Crippen LogP contribution is 2.31. The van der Waals surface area contributed by atoms with Gasteiger partial charge in [-0.1, -0.05) is 39.0 Å². The summed E-state index contributed by atoms with van der Waals surface area (Å²) in [6, 6.07) is 0. The Morgan fingerprint density at radius 3 is 2.37 bits per heavy atom. The van der Waals surface area contributed by atoms with Crippen LogP contribution in [0.15, 0.2) is 0 Å². The van der Waals surface area contributed by atoms with Gasteiger partial charge in [0.2, 0.25) is 5.91 Å². The van der Waals surface area contributed by atoms with E-state index in [0.29, 0.717) is 5.91 Å². The molecule has 0 bridgehead atoms. The summed E-state index contributed by atoms with van der Waals surface area (Å²) >= 11 is 0. The number of likely N-dealkylation sites (tertiary alicyclic amines) is 1. The zero-order chi connectivity index (χ0) is 13.7. The molecule has 2 aliphatic rings. The van der Waals surface area contributed by atoms with Gasteiger partial charge >= 0.3 is 0 Å². The van der Waals surface area contributed by atoms with Gasteiger partial charge in [-0.25, -0.2) is 0 Å². The van der Waals surface area contributed by atoms with E-state index in [4.69, 9.17) is 0 Å². The number of piperidine rings is 1. The molecule has 1 N–H and O–H groups in total. The molecular weight excluding hydrogens is 238 g/mol. The molecular formula is C16H29NO2. The van der Waals surface area contributed by atoms with Crippen LogP contribution in [0.5, 0.6) is 0 Å². The first-order chi connectivity index (χ1) is 9.20. The molecule has 0 unspecified atom stereocenters. The third-order valence-corrected chi connectivity index (χ3v) is 4.96. The topological polar surface area (TPSA) is 40.5 Å². The number of hydrogen-bond donors (Lipinski definition) is 1. The second-order valence-corrected chi connectivity index (χ2v) is 6.40. The lowest BCUT2D eigenvalue weighted by Crippen LogP contribution is -2.43. The van der Waals surface area contributed by atoms with Crippen molar-refractivity contribution in [1.82, 2.24) is 4.90 Å². The summed E-state index contributed by atoms with van der Waals surface area (Å²) < 4.78 is 0. The highest BCUT2D eigenvalue weighted by atomic mass is 16.3. The minimum Gasteiger partial charge on any atom is -0.393 e. The van der Waals surface area contributed by atoms with E-state index >= 15 is 0 Å². The van der Waals surface area contributed by atoms with E-state index in [1.165, 1.54) is 32.1 Å². The van der Waals surface area contributed by atoms with Crippen LogP contribution in [0.25, 0.3) is 0 Å². The van der Waals surface area contributed by atoms with Crippen molar-refractivity contribution in [3.63, 3.8) is 0 Å². The minimum absolute atomic E-state index is 0.192. The van der Waals surface area contributed by atoms with Gasteiger partial charge in [0.25, 0.3) is 0 Å². The molecule has 0 aromatic heterocycles. The van der Waals surface area contributed by atoms with Crippen LogP contribution in [0.1, 0.15) is 64.7 Å². The fourth-order valence-electron chi connectivity index (χ4n) is 3.61. The first kappa shape index (κ1) is 14.8. The molecule has 2 fully saturated rings. The van der Waals surface area contributed by atoms with Crippen molar-refractivity contribution in [2.24, 2.45) is 11.8 Å². The van der Waals surface area contributed by atoms with Crippen molar-refractivity contribution in [3.8, 4) is 0 Å². The molecule has 1 saturated heterocycles. The zero-order valence-electron chi connectivity index (χ0n) is 12.3. The van der Waals surface area contributed by atoms with Gasteiger partial charge in [-0.2, -0.15) is 0 Å². The highest BCUT2D eigenvalue weighted by Gasteiger charge is 2.28. The lowest BCUT2D eigenvalue weighted by Gasteiger charge is -2.34. The van der Waals surface area contributed by atoms with E-state index in [9.17, 15) is 9.90 Å². The summed E-state index contributed by atoms with van der Waals surface area (Å²) in [7, 11) is 0. The third-order valence-electron chi connectivity index (χ3n) is 4.96. The predicted octanol–water partition coefficient (Wildman–Crippen LogP) is 2.97. The van der Waals surface area contributed by atoms with E-state index in [0.717, 1.165) is 44.7 Å². The number of carbonyl (C=O) groups is 1. The highest BCUT2D eigenvalue weighted by molar-refractivity contribution is 5.78. The monoisotopic (exact) mass is 267 g/mol. The van der Waals surface area contributed by atoms with Crippen molar-refractivity contribution < 1.29 is 9.90 Å². The van der Waals surface area contributed by atoms with Crippen LogP contribution in [0, 0.1) is 11.8 Å². The van der Waals surface area contributed by atoms with Crippen LogP contribution in [0.3, 0.4) is 0 Å². The normalized spacial score (nSPS) is 24.4. The fourth-order valence-corrected chi connectivity index (χ4v) is 3.61. The predicted molar refractivity (Wildman–Crippen MR) is 76.8 cm³/mol. The summed E-state index contributed by atoms with van der Waals surface area (Å²) in [6.45, 7) is 3.65. The van der Waals surface area contributed by atoms with Crippen molar-refractivity contribution in [2.75, 3.05) is 13.1 Å². The van der Waals surface area contributed by atoms with Crippen LogP contribution in [0.4, 0.5) is 0 Å². The molecule has 110 valence electrons. The quantitative estimate of drug-likeness (QED) is 0.850. The Kier molecular flexibility index (Phi) is 5.68. The molecule has 3 nitrogen and oxygen atoms in total. The van der Waals surface area contributed by atoms with E-state index in [1.54, 1.807) is 0 Å². The summed E-state index contributed by atoms with van der Waals surface area (Å²) in [5.74, 6) is 1.34. The molecule has 1 heterocycles. The lowest BCUT2D eigenvalue weighted by molar-refractivity contribution is -0.138. The average molecular weight is 267 g/mol. The Bertz CT molecular complexity index is 278. The first-order valence-electron chi connectivity index (χ1n) is 8.17. The van der Waals surface area contributed by atoms with E-state index in [-0.39, 0.29) is 12.0 Å². The van der Waals surface area contributed by atoms with Gasteiger partial charge in [-0.05, 0) is 31.6 Å². The van der Waals surface area contributed by atoms with E-state index < -0.39 is 0 Å². The lowest BCUT2D eigenvalue weighted by atomic mass is 9.81. The van der Waals surface area contributed by atoms with Gasteiger partial charge < -0.3 is 10.0 Å². The molecule has 1 saturated carbocycles. The maximum Gasteiger partial charge on any atom is 0.225 e. The van der Waals surface area contributed by atoms with Crippen molar-refractivity contribution in [1.29, 1.82) is 0 Å². The second kappa shape index (κ2) is 7.28. The van der Waals surface area contributed by atoms with Gasteiger partial charge in [-0.3, -0.25) is 4.79 Å². The van der Waals surface area contributed by atoms with Crippen molar-refractivity contribution in [2.45, 2.75) is 70.8 Å². The summed E-state index contributed by atoms with van der Waals surface area (Å²) in [5, 5.41) is 9.53. The number of nitrogens with zero attached hydrogens (tertiary/aromatic N) is 1. The zero-order valence-corrected chi connectivity index (χ0v) is 12.3. The van der Waals surface area contributed by atoms with Gasteiger partial charge in [-0.15, -0.1) is 0 Å². The molecule has 1 amide bonds. The fraction of sp³-hybridized carbons (Fsp3) is 0.938. The van der Waals surface area contributed by atoms with Gasteiger partial charge in [0, 0.05) is 19.0 Å². The van der Waals surface area contributed by atoms with Gasteiger partial charge in [0.15, 0.2) is 0 Å². The Balaban J connectivity index is 1.83. The summed E-state index contributed by atoms with van der Waals surface area (Å²) in [4.78, 5) is 14.5. The maximum atomic E-state index is 12.6. The third kappa shape index (κ3) is 4.20. The molecule has 3 heteroatoms. The summed E-state index contributed by atoms with van der Waals surface area (Å²) in [5.41, 5.74) is 0. The Hall–Kier alpha value is -0.570. The van der Waals surface area contributed by atoms with Crippen molar-refractivity contribution >= 4 is 5.91 Å². The molecule has 1 atom stereocenters. The first-order valence-corrected chi connectivity index (χ1v) is 8.17. The Morgan fingerprint density at radius 2 is 1.79 bits per heavy atom. The second-order valence-electron chi connectivity index (χ2n) is 6.40. The largest absolute Gasteiger partial charge is 0.393 e. The van der Waals surface area contributed by atoms with Crippen LogP contribution in [0.2, 0.25) is 0 Å². The van der Waals surface area contributed by atoms with E-state index in [1.807, 2.05) is 4.90 Å². The number of aliphatic hydroxyl groups is 1. The average Bonchev–Trinajstić information content (AvgIpc) is 2.46. The molecule has 0 spiro atoms. The Labute approximate surface area is 117 Å². The van der Waals surface area contributed by atoms with Crippen LogP contribution in [-0.2, 0) is 4.79 Å². The SMILES string of the molecule is CC[C@H](CC1CCCCC1)C(=O)N1CCC(O)CC1. The van der Waals surface area contributed by atoms with Crippen molar-refractivity contribution in [3.05, 3.63) is 0 Å². The van der Waals surface area contributed by atoms with Crippen LogP contribution in [-0.4, -0.2) is 35.1 Å². The van der Waals surface area contributed by atoms with Crippen LogP contribution >= 0.6 is 0 Å². The minimum atomic E-state index is -0.192. The molecule has 0 radical (unpaired) electrons. The number of amides is 1. The number of aliphatic hydroxyl groups excluding tert-OH is 1. The molecule has 1 aliphatic carbocycles. The molecule has 2 rings (SSSR count). The summed E-state index contributed by atoms with van der Waals surface area (Å²) in [6.07, 6.45) is 10.1. The molecule has 19 heavy (non-hydrogen) atoms. The maximum absolute atomic E-state index is 12.6. The number of rotatable bonds is 4. The standard InChI is InChI=1S/C16H29NO2/c1-2-14(12-13-6-4-3-5-7-13)16(19)17-10-8-15(18)9-11-17/h13-15,18H,2-12H2,1H3/t14-/m1/s1. The Morgan fingerprint density at radius 1 is 1.16 bits per heavy atom. The molecule has 1 aliphatic heterocycles. The van der Waals surface area contributed by atoms with Gasteiger partial charge in [0.05, 0.1) is 6.10 Å². The van der Waals surface area contributed by atoms with E-state index in [2.05, 4.69) is 6.92 Å². The molecule has 0 aromatic carbocycles. The molecule has 0 aromatic rings. The van der Waals surface area contributed by atoms with Crippen LogP contribution < -0.4 is 0 Å². The van der Waals surface area contributed by atoms with Gasteiger partial charge in [0.1, 0.15) is 0 Å². The smallest absolute Gasteiger partial charge is 0.225 e. The number of carbonyl (C=O) groups excluding carboxylic acids is 1. The number of hydrogen-bond acceptors (Lipinski definition) is 2.